The number of rotatable bonds is 6. The van der Waals surface area contributed by atoms with Crippen molar-refractivity contribution in [2.75, 3.05) is 18.5 Å². The Bertz CT molecular complexity index is 405. The Labute approximate surface area is 117 Å². The lowest BCUT2D eigenvalue weighted by Crippen LogP contribution is -2.26. The molecule has 0 bridgehead atoms. The van der Waals surface area contributed by atoms with E-state index >= 15 is 0 Å². The predicted octanol–water partition coefficient (Wildman–Crippen LogP) is 3.57. The average Bonchev–Trinajstić information content (AvgIpc) is 3.13. The zero-order chi connectivity index (χ0) is 13.1. The summed E-state index contributed by atoms with van der Waals surface area (Å²) in [6.07, 6.45) is 8.44. The highest BCUT2D eigenvalue weighted by Crippen LogP contribution is 2.28. The van der Waals surface area contributed by atoms with Gasteiger partial charge in [0.2, 0.25) is 0 Å². The van der Waals surface area contributed by atoms with Gasteiger partial charge in [-0.15, -0.1) is 0 Å². The maximum atomic E-state index is 3.64. The van der Waals surface area contributed by atoms with Gasteiger partial charge in [0.15, 0.2) is 0 Å². The molecule has 0 spiro atoms. The molecule has 0 amide bonds. The van der Waals surface area contributed by atoms with Gasteiger partial charge in [0.25, 0.3) is 0 Å². The first-order valence-electron chi connectivity index (χ1n) is 7.85. The van der Waals surface area contributed by atoms with Gasteiger partial charge in [0.1, 0.15) is 0 Å². The van der Waals surface area contributed by atoms with Crippen molar-refractivity contribution in [1.82, 2.24) is 5.32 Å². The van der Waals surface area contributed by atoms with E-state index in [0.29, 0.717) is 0 Å². The summed E-state index contributed by atoms with van der Waals surface area (Å²) in [6, 6.07) is 9.67. The molecular weight excluding hydrogens is 232 g/mol. The van der Waals surface area contributed by atoms with E-state index in [4.69, 9.17) is 0 Å². The average molecular weight is 258 g/mol. The number of nitrogens with zero attached hydrogens (tertiary/aromatic N) is 1. The summed E-state index contributed by atoms with van der Waals surface area (Å²) in [7, 11) is 2.26. The Morgan fingerprint density at radius 1 is 1.11 bits per heavy atom. The monoisotopic (exact) mass is 258 g/mol. The summed E-state index contributed by atoms with van der Waals surface area (Å²) >= 11 is 0. The first kappa shape index (κ1) is 13.0. The Balaban J connectivity index is 1.63. The topological polar surface area (TPSA) is 15.3 Å². The third-order valence-electron chi connectivity index (χ3n) is 4.57. The molecule has 0 heterocycles. The minimum Gasteiger partial charge on any atom is -0.374 e. The molecule has 0 atom stereocenters. The van der Waals surface area contributed by atoms with Gasteiger partial charge in [0, 0.05) is 31.9 Å². The molecule has 2 fully saturated rings. The van der Waals surface area contributed by atoms with Crippen LogP contribution in [0.15, 0.2) is 24.3 Å². The van der Waals surface area contributed by atoms with Crippen LogP contribution in [0.4, 0.5) is 5.69 Å². The Kier molecular flexibility index (Phi) is 4.07. The van der Waals surface area contributed by atoms with E-state index in [2.05, 4.69) is 41.5 Å². The highest BCUT2D eigenvalue weighted by molar-refractivity contribution is 5.53. The standard InChI is InChI=1S/C17H26N2/c1-19(13-14-6-2-3-7-14)17-9-5-4-8-15(17)12-18-16-10-11-16/h4-5,8-9,14,16,18H,2-3,6-7,10-13H2,1H3. The van der Waals surface area contributed by atoms with E-state index in [9.17, 15) is 0 Å². The number of hydrogen-bond acceptors (Lipinski definition) is 2. The number of hydrogen-bond donors (Lipinski definition) is 1. The van der Waals surface area contributed by atoms with Gasteiger partial charge < -0.3 is 10.2 Å². The quantitative estimate of drug-likeness (QED) is 0.839. The van der Waals surface area contributed by atoms with E-state index in [0.717, 1.165) is 18.5 Å². The van der Waals surface area contributed by atoms with Gasteiger partial charge in [-0.2, -0.15) is 0 Å². The third kappa shape index (κ3) is 3.50. The molecule has 1 N–H and O–H groups in total. The van der Waals surface area contributed by atoms with Gasteiger partial charge in [-0.25, -0.2) is 0 Å². The molecule has 0 aliphatic heterocycles. The number of nitrogens with one attached hydrogen (secondary N) is 1. The molecular formula is C17H26N2. The fraction of sp³-hybridized carbons (Fsp3) is 0.647. The molecule has 19 heavy (non-hydrogen) atoms. The molecule has 0 radical (unpaired) electrons. The van der Waals surface area contributed by atoms with E-state index in [-0.39, 0.29) is 0 Å². The van der Waals surface area contributed by atoms with Gasteiger partial charge in [0.05, 0.1) is 0 Å². The molecule has 2 saturated carbocycles. The lowest BCUT2D eigenvalue weighted by molar-refractivity contribution is 0.545. The van der Waals surface area contributed by atoms with Crippen LogP contribution in [0.2, 0.25) is 0 Å². The summed E-state index contributed by atoms with van der Waals surface area (Å²) in [4.78, 5) is 2.47. The van der Waals surface area contributed by atoms with E-state index in [1.807, 2.05) is 0 Å². The van der Waals surface area contributed by atoms with Crippen LogP contribution >= 0.6 is 0 Å². The van der Waals surface area contributed by atoms with Crippen molar-refractivity contribution >= 4 is 5.69 Å². The summed E-state index contributed by atoms with van der Waals surface area (Å²) in [6.45, 7) is 2.25. The highest BCUT2D eigenvalue weighted by Gasteiger charge is 2.21. The maximum absolute atomic E-state index is 3.64. The van der Waals surface area contributed by atoms with E-state index in [1.165, 1.54) is 56.3 Å². The zero-order valence-electron chi connectivity index (χ0n) is 12.1. The second-order valence-electron chi connectivity index (χ2n) is 6.31. The Hall–Kier alpha value is -1.02. The number of benzene rings is 1. The molecule has 0 saturated heterocycles. The second-order valence-corrected chi connectivity index (χ2v) is 6.31. The van der Waals surface area contributed by atoms with E-state index < -0.39 is 0 Å². The molecule has 2 aliphatic rings. The molecule has 2 aliphatic carbocycles. The van der Waals surface area contributed by atoms with Crippen molar-refractivity contribution in [3.05, 3.63) is 29.8 Å². The van der Waals surface area contributed by atoms with Crippen molar-refractivity contribution < 1.29 is 0 Å². The van der Waals surface area contributed by atoms with Crippen molar-refractivity contribution in [2.24, 2.45) is 5.92 Å². The normalized spacial score (nSPS) is 19.8. The van der Waals surface area contributed by atoms with Gasteiger partial charge in [-0.05, 0) is 43.2 Å². The van der Waals surface area contributed by atoms with Gasteiger partial charge in [-0.3, -0.25) is 0 Å². The van der Waals surface area contributed by atoms with Gasteiger partial charge >= 0.3 is 0 Å². The summed E-state index contributed by atoms with van der Waals surface area (Å²) in [5.41, 5.74) is 2.87. The number of anilines is 1. The van der Waals surface area contributed by atoms with Crippen LogP contribution in [0.25, 0.3) is 0 Å². The fourth-order valence-electron chi connectivity index (χ4n) is 3.25. The highest BCUT2D eigenvalue weighted by atomic mass is 15.1. The van der Waals surface area contributed by atoms with Crippen molar-refractivity contribution in [2.45, 2.75) is 51.1 Å². The predicted molar refractivity (Wildman–Crippen MR) is 81.5 cm³/mol. The summed E-state index contributed by atoms with van der Waals surface area (Å²) < 4.78 is 0. The first-order valence-corrected chi connectivity index (χ1v) is 7.85. The molecule has 2 heteroatoms. The lowest BCUT2D eigenvalue weighted by atomic mass is 10.1. The van der Waals surface area contributed by atoms with Crippen molar-refractivity contribution in [3.63, 3.8) is 0 Å². The number of para-hydroxylation sites is 1. The van der Waals surface area contributed by atoms with Crippen LogP contribution in [0.5, 0.6) is 0 Å². The first-order chi connectivity index (χ1) is 9.33. The molecule has 3 rings (SSSR count). The Morgan fingerprint density at radius 3 is 2.58 bits per heavy atom. The van der Waals surface area contributed by atoms with Crippen LogP contribution in [-0.4, -0.2) is 19.6 Å². The molecule has 0 unspecified atom stereocenters. The maximum Gasteiger partial charge on any atom is 0.0409 e. The molecule has 104 valence electrons. The van der Waals surface area contributed by atoms with Crippen LogP contribution in [-0.2, 0) is 6.54 Å². The lowest BCUT2D eigenvalue weighted by Gasteiger charge is -2.25. The fourth-order valence-corrected chi connectivity index (χ4v) is 3.25. The Morgan fingerprint density at radius 2 is 1.84 bits per heavy atom. The van der Waals surface area contributed by atoms with Gasteiger partial charge in [-0.1, -0.05) is 31.0 Å². The molecule has 0 aromatic heterocycles. The van der Waals surface area contributed by atoms with Crippen LogP contribution in [0.3, 0.4) is 0 Å². The largest absolute Gasteiger partial charge is 0.374 e. The smallest absolute Gasteiger partial charge is 0.0409 e. The van der Waals surface area contributed by atoms with Crippen molar-refractivity contribution in [3.8, 4) is 0 Å². The molecule has 2 nitrogen and oxygen atoms in total. The summed E-state index contributed by atoms with van der Waals surface area (Å²) in [5, 5.41) is 3.64. The zero-order valence-corrected chi connectivity index (χ0v) is 12.1. The minimum absolute atomic E-state index is 0.785. The second kappa shape index (κ2) is 5.96. The summed E-state index contributed by atoms with van der Waals surface area (Å²) in [5.74, 6) is 0.912. The van der Waals surface area contributed by atoms with Crippen LogP contribution in [0.1, 0.15) is 44.1 Å². The van der Waals surface area contributed by atoms with E-state index in [1.54, 1.807) is 0 Å². The molecule has 1 aromatic carbocycles. The van der Waals surface area contributed by atoms with Crippen LogP contribution in [0, 0.1) is 5.92 Å². The van der Waals surface area contributed by atoms with Crippen LogP contribution < -0.4 is 10.2 Å². The molecule has 1 aromatic rings. The minimum atomic E-state index is 0.785. The SMILES string of the molecule is CN(CC1CCCC1)c1ccccc1CNC1CC1. The third-order valence-corrected chi connectivity index (χ3v) is 4.57. The van der Waals surface area contributed by atoms with Crippen molar-refractivity contribution in [1.29, 1.82) is 0 Å².